The molecule has 0 spiro atoms. The standard InChI is InChI=1S/C14H13NO2/c16-10-15-9-11-2-1-3-13(8-11)12-4-6-14(17)7-5-12/h1-8,10,17H,9H2,(H,15,16). The van der Waals surface area contributed by atoms with Crippen LogP contribution in [0.25, 0.3) is 11.1 Å². The van der Waals surface area contributed by atoms with Crippen molar-refractivity contribution in [1.82, 2.24) is 5.32 Å². The van der Waals surface area contributed by atoms with Crippen molar-refractivity contribution in [3.05, 3.63) is 54.1 Å². The van der Waals surface area contributed by atoms with Gasteiger partial charge in [-0.3, -0.25) is 4.79 Å². The molecule has 1 amide bonds. The van der Waals surface area contributed by atoms with Crippen LogP contribution in [0.5, 0.6) is 5.75 Å². The highest BCUT2D eigenvalue weighted by atomic mass is 16.3. The zero-order valence-electron chi connectivity index (χ0n) is 9.26. The van der Waals surface area contributed by atoms with Gasteiger partial charge in [0.2, 0.25) is 6.41 Å². The predicted molar refractivity (Wildman–Crippen MR) is 66.4 cm³/mol. The minimum atomic E-state index is 0.257. The zero-order valence-corrected chi connectivity index (χ0v) is 9.26. The van der Waals surface area contributed by atoms with E-state index >= 15 is 0 Å². The molecule has 2 aromatic carbocycles. The molecule has 0 saturated heterocycles. The number of phenols is 1. The summed E-state index contributed by atoms with van der Waals surface area (Å²) in [6, 6.07) is 15.0. The van der Waals surface area contributed by atoms with Crippen molar-refractivity contribution in [3.63, 3.8) is 0 Å². The van der Waals surface area contributed by atoms with Gasteiger partial charge in [0.15, 0.2) is 0 Å². The van der Waals surface area contributed by atoms with Crippen molar-refractivity contribution in [2.45, 2.75) is 6.54 Å². The van der Waals surface area contributed by atoms with Crippen LogP contribution >= 0.6 is 0 Å². The molecular weight excluding hydrogens is 214 g/mol. The van der Waals surface area contributed by atoms with E-state index in [1.54, 1.807) is 12.1 Å². The van der Waals surface area contributed by atoms with Crippen LogP contribution in [0, 0.1) is 0 Å². The number of carbonyl (C=O) groups excluding carboxylic acids is 1. The van der Waals surface area contributed by atoms with Gasteiger partial charge in [0.1, 0.15) is 5.75 Å². The van der Waals surface area contributed by atoms with E-state index in [2.05, 4.69) is 5.32 Å². The molecule has 17 heavy (non-hydrogen) atoms. The van der Waals surface area contributed by atoms with Crippen molar-refractivity contribution >= 4 is 6.41 Å². The molecule has 0 aromatic heterocycles. The van der Waals surface area contributed by atoms with E-state index in [1.165, 1.54) is 0 Å². The number of hydrogen-bond donors (Lipinski definition) is 2. The van der Waals surface area contributed by atoms with Gasteiger partial charge in [0.05, 0.1) is 0 Å². The lowest BCUT2D eigenvalue weighted by Gasteiger charge is -2.05. The Morgan fingerprint density at radius 1 is 1.06 bits per heavy atom. The molecule has 0 heterocycles. The smallest absolute Gasteiger partial charge is 0.207 e. The molecular formula is C14H13NO2. The average molecular weight is 227 g/mol. The molecule has 3 nitrogen and oxygen atoms in total. The number of hydrogen-bond acceptors (Lipinski definition) is 2. The molecule has 2 rings (SSSR count). The fourth-order valence-electron chi connectivity index (χ4n) is 1.67. The van der Waals surface area contributed by atoms with Crippen molar-refractivity contribution in [2.75, 3.05) is 0 Å². The maximum atomic E-state index is 10.2. The third-order valence-corrected chi connectivity index (χ3v) is 2.52. The average Bonchev–Trinajstić information content (AvgIpc) is 2.37. The summed E-state index contributed by atoms with van der Waals surface area (Å²) >= 11 is 0. The summed E-state index contributed by atoms with van der Waals surface area (Å²) < 4.78 is 0. The first-order valence-electron chi connectivity index (χ1n) is 5.35. The van der Waals surface area contributed by atoms with Crippen LogP contribution < -0.4 is 5.32 Å². The molecule has 3 heteroatoms. The number of phenolic OH excluding ortho intramolecular Hbond substituents is 1. The lowest BCUT2D eigenvalue weighted by molar-refractivity contribution is -0.109. The van der Waals surface area contributed by atoms with Crippen LogP contribution in [0.15, 0.2) is 48.5 Å². The third kappa shape index (κ3) is 2.84. The zero-order chi connectivity index (χ0) is 12.1. The first-order chi connectivity index (χ1) is 8.29. The highest BCUT2D eigenvalue weighted by Crippen LogP contribution is 2.22. The number of carbonyl (C=O) groups is 1. The Kier molecular flexibility index (Phi) is 3.40. The van der Waals surface area contributed by atoms with E-state index in [-0.39, 0.29) is 5.75 Å². The molecule has 0 aliphatic carbocycles. The van der Waals surface area contributed by atoms with Crippen LogP contribution in [0.3, 0.4) is 0 Å². The molecule has 0 bridgehead atoms. The van der Waals surface area contributed by atoms with Crippen molar-refractivity contribution < 1.29 is 9.90 Å². The minimum absolute atomic E-state index is 0.257. The summed E-state index contributed by atoms with van der Waals surface area (Å²) in [6.07, 6.45) is 0.688. The van der Waals surface area contributed by atoms with Gasteiger partial charge < -0.3 is 10.4 Å². The number of nitrogens with one attached hydrogen (secondary N) is 1. The minimum Gasteiger partial charge on any atom is -0.508 e. The lowest BCUT2D eigenvalue weighted by atomic mass is 10.0. The molecule has 0 radical (unpaired) electrons. The van der Waals surface area contributed by atoms with E-state index in [1.807, 2.05) is 36.4 Å². The number of rotatable bonds is 4. The van der Waals surface area contributed by atoms with E-state index in [0.29, 0.717) is 13.0 Å². The van der Waals surface area contributed by atoms with Crippen molar-refractivity contribution in [1.29, 1.82) is 0 Å². The molecule has 0 atom stereocenters. The van der Waals surface area contributed by atoms with Crippen LogP contribution in [0.1, 0.15) is 5.56 Å². The SMILES string of the molecule is O=CNCc1cccc(-c2ccc(O)cc2)c1. The maximum absolute atomic E-state index is 10.2. The summed E-state index contributed by atoms with van der Waals surface area (Å²) in [5.74, 6) is 0.257. The van der Waals surface area contributed by atoms with Gasteiger partial charge in [0.25, 0.3) is 0 Å². The molecule has 0 aliphatic heterocycles. The molecule has 2 N–H and O–H groups in total. The fraction of sp³-hybridized carbons (Fsp3) is 0.0714. The van der Waals surface area contributed by atoms with Crippen LogP contribution in [-0.2, 0) is 11.3 Å². The summed E-state index contributed by atoms with van der Waals surface area (Å²) in [4.78, 5) is 10.2. The Balaban J connectivity index is 2.26. The Labute approximate surface area is 99.7 Å². The van der Waals surface area contributed by atoms with Crippen LogP contribution in [-0.4, -0.2) is 11.5 Å². The first kappa shape index (κ1) is 11.2. The lowest BCUT2D eigenvalue weighted by Crippen LogP contribution is -2.09. The quantitative estimate of drug-likeness (QED) is 0.787. The molecule has 0 saturated carbocycles. The van der Waals surface area contributed by atoms with E-state index in [0.717, 1.165) is 16.7 Å². The summed E-state index contributed by atoms with van der Waals surface area (Å²) in [5, 5.41) is 11.9. The van der Waals surface area contributed by atoms with Gasteiger partial charge in [-0.1, -0.05) is 30.3 Å². The highest BCUT2D eigenvalue weighted by Gasteiger charge is 1.99. The van der Waals surface area contributed by atoms with Crippen molar-refractivity contribution in [3.8, 4) is 16.9 Å². The van der Waals surface area contributed by atoms with Gasteiger partial charge in [0, 0.05) is 6.54 Å². The normalized spacial score (nSPS) is 9.88. The first-order valence-corrected chi connectivity index (χ1v) is 5.35. The van der Waals surface area contributed by atoms with E-state index in [4.69, 9.17) is 0 Å². The maximum Gasteiger partial charge on any atom is 0.207 e. The Morgan fingerprint density at radius 3 is 2.53 bits per heavy atom. The summed E-state index contributed by atoms with van der Waals surface area (Å²) in [5.41, 5.74) is 3.15. The second-order valence-electron chi connectivity index (χ2n) is 3.75. The molecule has 86 valence electrons. The summed E-state index contributed by atoms with van der Waals surface area (Å²) in [7, 11) is 0. The van der Waals surface area contributed by atoms with E-state index in [9.17, 15) is 9.90 Å². The van der Waals surface area contributed by atoms with Gasteiger partial charge in [-0.25, -0.2) is 0 Å². The second-order valence-corrected chi connectivity index (χ2v) is 3.75. The number of amides is 1. The second kappa shape index (κ2) is 5.16. The fourth-order valence-corrected chi connectivity index (χ4v) is 1.67. The van der Waals surface area contributed by atoms with Gasteiger partial charge in [-0.2, -0.15) is 0 Å². The topological polar surface area (TPSA) is 49.3 Å². The Morgan fingerprint density at radius 2 is 1.82 bits per heavy atom. The van der Waals surface area contributed by atoms with Gasteiger partial charge in [-0.05, 0) is 34.9 Å². The van der Waals surface area contributed by atoms with Gasteiger partial charge in [-0.15, -0.1) is 0 Å². The molecule has 0 fully saturated rings. The number of aromatic hydroxyl groups is 1. The third-order valence-electron chi connectivity index (χ3n) is 2.52. The van der Waals surface area contributed by atoms with Crippen LogP contribution in [0.2, 0.25) is 0 Å². The summed E-state index contributed by atoms with van der Waals surface area (Å²) in [6.45, 7) is 0.523. The Bertz CT molecular complexity index is 506. The molecule has 2 aromatic rings. The largest absolute Gasteiger partial charge is 0.508 e. The monoisotopic (exact) mass is 227 g/mol. The van der Waals surface area contributed by atoms with Crippen molar-refractivity contribution in [2.24, 2.45) is 0 Å². The molecule has 0 aliphatic rings. The van der Waals surface area contributed by atoms with E-state index < -0.39 is 0 Å². The Hall–Kier alpha value is -2.29. The van der Waals surface area contributed by atoms with Crippen LogP contribution in [0.4, 0.5) is 0 Å². The van der Waals surface area contributed by atoms with Gasteiger partial charge >= 0.3 is 0 Å². The highest BCUT2D eigenvalue weighted by molar-refractivity contribution is 5.65. The number of benzene rings is 2. The molecule has 0 unspecified atom stereocenters. The predicted octanol–water partition coefficient (Wildman–Crippen LogP) is 2.31.